The van der Waals surface area contributed by atoms with Crippen molar-refractivity contribution >= 4 is 0 Å². The van der Waals surface area contributed by atoms with Gasteiger partial charge in [-0.2, -0.15) is 0 Å². The Morgan fingerprint density at radius 1 is 1.60 bits per heavy atom. The largest absolute Gasteiger partial charge is 0.496 e. The molecule has 0 aliphatic carbocycles. The highest BCUT2D eigenvalue weighted by Crippen LogP contribution is 2.21. The molecule has 1 N–H and O–H groups in total. The molecule has 0 unspecified atom stereocenters. The van der Waals surface area contributed by atoms with Crippen LogP contribution in [0.5, 0.6) is 5.75 Å². The molecule has 0 saturated heterocycles. The monoisotopic (exact) mass is 212 g/mol. The lowest BCUT2D eigenvalue weighted by Gasteiger charge is -2.10. The van der Waals surface area contributed by atoms with Crippen molar-refractivity contribution in [3.63, 3.8) is 0 Å². The Kier molecular flexibility index (Phi) is 3.91. The Hall–Kier alpha value is -1.29. The summed E-state index contributed by atoms with van der Waals surface area (Å²) in [4.78, 5) is 11.1. The van der Waals surface area contributed by atoms with Gasteiger partial charge >= 0.3 is 5.63 Å². The first kappa shape index (κ1) is 11.8. The summed E-state index contributed by atoms with van der Waals surface area (Å²) in [6.07, 6.45) is 0.877. The van der Waals surface area contributed by atoms with Crippen molar-refractivity contribution < 1.29 is 14.3 Å². The van der Waals surface area contributed by atoms with Crippen LogP contribution < -0.4 is 10.4 Å². The molecule has 0 aliphatic rings. The molecule has 4 heteroatoms. The second-order valence-electron chi connectivity index (χ2n) is 3.56. The normalized spacial score (nSPS) is 12.5. The van der Waals surface area contributed by atoms with Crippen molar-refractivity contribution in [3.8, 4) is 5.75 Å². The van der Waals surface area contributed by atoms with E-state index in [1.807, 2.05) is 0 Å². The number of rotatable bonds is 4. The third kappa shape index (κ3) is 3.09. The topological polar surface area (TPSA) is 59.7 Å². The maximum atomic E-state index is 11.1. The van der Waals surface area contributed by atoms with Gasteiger partial charge in [0.15, 0.2) is 0 Å². The van der Waals surface area contributed by atoms with E-state index in [0.29, 0.717) is 24.4 Å². The Morgan fingerprint density at radius 3 is 2.80 bits per heavy atom. The van der Waals surface area contributed by atoms with Gasteiger partial charge in [0.1, 0.15) is 11.5 Å². The average molecular weight is 212 g/mol. The van der Waals surface area contributed by atoms with Crippen LogP contribution in [0.4, 0.5) is 0 Å². The van der Waals surface area contributed by atoms with Gasteiger partial charge in [0.2, 0.25) is 0 Å². The molecule has 1 heterocycles. The standard InChI is InChI=1S/C11H16O4/c1-7(12)4-5-9-8(2)15-11(13)6-10(9)14-3/h6-7,12H,4-5H2,1-3H3/t7-/m1/s1. The zero-order chi connectivity index (χ0) is 11.4. The summed E-state index contributed by atoms with van der Waals surface area (Å²) in [5.41, 5.74) is 0.433. The molecule has 0 saturated carbocycles. The highest BCUT2D eigenvalue weighted by atomic mass is 16.5. The van der Waals surface area contributed by atoms with Crippen molar-refractivity contribution in [1.29, 1.82) is 0 Å². The Labute approximate surface area is 88.5 Å². The molecule has 0 aromatic carbocycles. The Morgan fingerprint density at radius 2 is 2.27 bits per heavy atom. The summed E-state index contributed by atoms with van der Waals surface area (Å²) in [6.45, 7) is 3.45. The number of ether oxygens (including phenoxy) is 1. The fraction of sp³-hybridized carbons (Fsp3) is 0.545. The second-order valence-corrected chi connectivity index (χ2v) is 3.56. The van der Waals surface area contributed by atoms with Gasteiger partial charge in [0.05, 0.1) is 19.3 Å². The van der Waals surface area contributed by atoms with E-state index in [2.05, 4.69) is 0 Å². The van der Waals surface area contributed by atoms with Crippen LogP contribution in [0.25, 0.3) is 0 Å². The number of aliphatic hydroxyl groups excluding tert-OH is 1. The molecule has 0 aliphatic heterocycles. The molecule has 84 valence electrons. The van der Waals surface area contributed by atoms with E-state index in [1.165, 1.54) is 13.2 Å². The third-order valence-electron chi connectivity index (χ3n) is 2.26. The lowest BCUT2D eigenvalue weighted by molar-refractivity contribution is 0.184. The summed E-state index contributed by atoms with van der Waals surface area (Å²) in [6, 6.07) is 1.32. The van der Waals surface area contributed by atoms with E-state index in [1.54, 1.807) is 13.8 Å². The summed E-state index contributed by atoms with van der Waals surface area (Å²) in [7, 11) is 1.51. The minimum absolute atomic E-state index is 0.374. The van der Waals surface area contributed by atoms with Crippen LogP contribution >= 0.6 is 0 Å². The molecule has 1 rings (SSSR count). The van der Waals surface area contributed by atoms with Gasteiger partial charge in [-0.25, -0.2) is 4.79 Å². The van der Waals surface area contributed by atoms with Crippen LogP contribution in [-0.2, 0) is 6.42 Å². The Bertz CT molecular complexity index is 379. The predicted octanol–water partition coefficient (Wildman–Crippen LogP) is 1.27. The van der Waals surface area contributed by atoms with E-state index in [-0.39, 0.29) is 6.10 Å². The average Bonchev–Trinajstić information content (AvgIpc) is 2.14. The van der Waals surface area contributed by atoms with Crippen molar-refractivity contribution in [1.82, 2.24) is 0 Å². The van der Waals surface area contributed by atoms with Crippen LogP contribution in [0.1, 0.15) is 24.7 Å². The maximum absolute atomic E-state index is 11.1. The van der Waals surface area contributed by atoms with Crippen molar-refractivity contribution in [2.45, 2.75) is 32.8 Å². The van der Waals surface area contributed by atoms with Gasteiger partial charge in [-0.05, 0) is 26.7 Å². The predicted molar refractivity (Wildman–Crippen MR) is 56.3 cm³/mol. The number of aliphatic hydroxyl groups is 1. The molecular weight excluding hydrogens is 196 g/mol. The van der Waals surface area contributed by atoms with Gasteiger partial charge < -0.3 is 14.3 Å². The number of methoxy groups -OCH3 is 1. The summed E-state index contributed by atoms with van der Waals surface area (Å²) in [5, 5.41) is 9.19. The molecule has 4 nitrogen and oxygen atoms in total. The van der Waals surface area contributed by atoms with Crippen molar-refractivity contribution in [2.24, 2.45) is 0 Å². The minimum atomic E-state index is -0.412. The van der Waals surface area contributed by atoms with Crippen LogP contribution in [-0.4, -0.2) is 18.3 Å². The molecule has 1 aromatic heterocycles. The third-order valence-corrected chi connectivity index (χ3v) is 2.26. The molecule has 1 atom stereocenters. The van der Waals surface area contributed by atoms with Gasteiger partial charge in [0, 0.05) is 5.56 Å². The SMILES string of the molecule is COc1cc(=O)oc(C)c1CC[C@@H](C)O. The van der Waals surface area contributed by atoms with E-state index in [0.717, 1.165) is 5.56 Å². The van der Waals surface area contributed by atoms with Crippen LogP contribution in [0, 0.1) is 6.92 Å². The highest BCUT2D eigenvalue weighted by Gasteiger charge is 2.11. The van der Waals surface area contributed by atoms with E-state index >= 15 is 0 Å². The summed E-state index contributed by atoms with van der Waals surface area (Å²) < 4.78 is 10.1. The molecule has 0 amide bonds. The minimum Gasteiger partial charge on any atom is -0.496 e. The van der Waals surface area contributed by atoms with Gasteiger partial charge in [-0.1, -0.05) is 0 Å². The molecule has 0 bridgehead atoms. The van der Waals surface area contributed by atoms with Gasteiger partial charge in [-0.3, -0.25) is 0 Å². The first-order valence-corrected chi connectivity index (χ1v) is 4.90. The molecular formula is C11H16O4. The smallest absolute Gasteiger partial charge is 0.339 e. The summed E-state index contributed by atoms with van der Waals surface area (Å²) >= 11 is 0. The van der Waals surface area contributed by atoms with E-state index in [9.17, 15) is 9.90 Å². The zero-order valence-corrected chi connectivity index (χ0v) is 9.24. The molecule has 15 heavy (non-hydrogen) atoms. The fourth-order valence-corrected chi connectivity index (χ4v) is 1.44. The fourth-order valence-electron chi connectivity index (χ4n) is 1.44. The van der Waals surface area contributed by atoms with E-state index in [4.69, 9.17) is 9.15 Å². The highest BCUT2D eigenvalue weighted by molar-refractivity contribution is 5.33. The van der Waals surface area contributed by atoms with Gasteiger partial charge in [-0.15, -0.1) is 0 Å². The lowest BCUT2D eigenvalue weighted by atomic mass is 10.1. The van der Waals surface area contributed by atoms with E-state index < -0.39 is 5.63 Å². The second kappa shape index (κ2) is 4.98. The van der Waals surface area contributed by atoms with Crippen molar-refractivity contribution in [3.05, 3.63) is 27.8 Å². The van der Waals surface area contributed by atoms with Crippen LogP contribution in [0.3, 0.4) is 0 Å². The number of hydrogen-bond donors (Lipinski definition) is 1. The first-order valence-electron chi connectivity index (χ1n) is 4.90. The Balaban J connectivity index is 2.99. The molecule has 0 spiro atoms. The first-order chi connectivity index (χ1) is 7.04. The summed E-state index contributed by atoms with van der Waals surface area (Å²) in [5.74, 6) is 1.09. The van der Waals surface area contributed by atoms with Crippen LogP contribution in [0.15, 0.2) is 15.3 Å². The zero-order valence-electron chi connectivity index (χ0n) is 9.24. The van der Waals surface area contributed by atoms with Crippen LogP contribution in [0.2, 0.25) is 0 Å². The quantitative estimate of drug-likeness (QED) is 0.816. The lowest BCUT2D eigenvalue weighted by Crippen LogP contribution is -2.08. The number of hydrogen-bond acceptors (Lipinski definition) is 4. The van der Waals surface area contributed by atoms with Crippen molar-refractivity contribution in [2.75, 3.05) is 7.11 Å². The maximum Gasteiger partial charge on any atom is 0.339 e. The molecule has 0 fully saturated rings. The number of aryl methyl sites for hydroxylation is 1. The van der Waals surface area contributed by atoms with Gasteiger partial charge in [0.25, 0.3) is 0 Å². The molecule has 1 aromatic rings. The molecule has 0 radical (unpaired) electrons.